The van der Waals surface area contributed by atoms with Gasteiger partial charge in [0.2, 0.25) is 0 Å². The number of aromatic nitrogens is 1. The predicted molar refractivity (Wildman–Crippen MR) is 112 cm³/mol. The molecule has 0 saturated heterocycles. The molecule has 6 nitrogen and oxygen atoms in total. The highest BCUT2D eigenvalue weighted by atomic mass is 32.1. The van der Waals surface area contributed by atoms with E-state index >= 15 is 0 Å². The Balaban J connectivity index is 1.72. The zero-order valence-electron chi connectivity index (χ0n) is 16.6. The fourth-order valence-corrected chi connectivity index (χ4v) is 3.67. The van der Waals surface area contributed by atoms with E-state index in [1.807, 2.05) is 19.1 Å². The Morgan fingerprint density at radius 2 is 1.79 bits per heavy atom. The zero-order valence-corrected chi connectivity index (χ0v) is 17.4. The van der Waals surface area contributed by atoms with E-state index in [1.54, 1.807) is 39.3 Å². The maximum absolute atomic E-state index is 13.0. The van der Waals surface area contributed by atoms with Crippen molar-refractivity contribution < 1.29 is 18.7 Å². The minimum atomic E-state index is -0.310. The minimum absolute atomic E-state index is 0.213. The molecule has 2 aromatic carbocycles. The lowest BCUT2D eigenvalue weighted by molar-refractivity contribution is 0.0943. The summed E-state index contributed by atoms with van der Waals surface area (Å²) in [6, 6.07) is 11.2. The highest BCUT2D eigenvalue weighted by molar-refractivity contribution is 7.17. The Hall–Kier alpha value is -3.13. The van der Waals surface area contributed by atoms with Crippen LogP contribution in [0.1, 0.15) is 33.9 Å². The Morgan fingerprint density at radius 1 is 1.10 bits per heavy atom. The van der Waals surface area contributed by atoms with Crippen LogP contribution in [-0.2, 0) is 0 Å². The number of aryl methyl sites for hydroxylation is 1. The molecular weight excluding hydrogens is 393 g/mol. The largest absolute Gasteiger partial charge is 0.493 e. The maximum Gasteiger partial charge on any atom is 0.263 e. The van der Waals surface area contributed by atoms with Crippen LogP contribution in [0.2, 0.25) is 0 Å². The number of hydrogen-bond acceptors (Lipinski definition) is 6. The average molecular weight is 415 g/mol. The Labute approximate surface area is 172 Å². The second-order valence-electron chi connectivity index (χ2n) is 6.38. The molecule has 0 bridgehead atoms. The minimum Gasteiger partial charge on any atom is -0.493 e. The second-order valence-corrected chi connectivity index (χ2v) is 7.37. The molecule has 0 unspecified atom stereocenters. The van der Waals surface area contributed by atoms with Crippen molar-refractivity contribution in [2.75, 3.05) is 19.5 Å². The molecule has 0 aliphatic heterocycles. The van der Waals surface area contributed by atoms with Gasteiger partial charge in [0, 0.05) is 5.69 Å². The topological polar surface area (TPSA) is 72.5 Å². The van der Waals surface area contributed by atoms with Gasteiger partial charge in [0.15, 0.2) is 16.6 Å². The SMILES string of the molecule is COc1ccc([C@H](C)NC(=O)c2sc(Nc3ccc(F)cc3)nc2C)cc1OC. The van der Waals surface area contributed by atoms with Crippen LogP contribution in [0.5, 0.6) is 11.5 Å². The van der Waals surface area contributed by atoms with Crippen LogP contribution in [0.3, 0.4) is 0 Å². The normalized spacial score (nSPS) is 11.6. The molecule has 1 atom stereocenters. The quantitative estimate of drug-likeness (QED) is 0.578. The van der Waals surface area contributed by atoms with Gasteiger partial charge < -0.3 is 20.1 Å². The predicted octanol–water partition coefficient (Wildman–Crippen LogP) is 4.84. The van der Waals surface area contributed by atoms with E-state index in [2.05, 4.69) is 15.6 Å². The third kappa shape index (κ3) is 4.83. The lowest BCUT2D eigenvalue weighted by atomic mass is 10.1. The van der Waals surface area contributed by atoms with Gasteiger partial charge in [-0.25, -0.2) is 9.37 Å². The summed E-state index contributed by atoms with van der Waals surface area (Å²) in [7, 11) is 3.15. The van der Waals surface area contributed by atoms with Crippen LogP contribution in [0.25, 0.3) is 0 Å². The molecule has 0 spiro atoms. The number of anilines is 2. The number of halogens is 1. The summed E-state index contributed by atoms with van der Waals surface area (Å²) in [5.74, 6) is 0.708. The molecule has 0 radical (unpaired) electrons. The summed E-state index contributed by atoms with van der Waals surface area (Å²) in [5.41, 5.74) is 2.21. The van der Waals surface area contributed by atoms with Gasteiger partial charge in [0.05, 0.1) is 26.0 Å². The molecule has 0 aliphatic rings. The van der Waals surface area contributed by atoms with Gasteiger partial charge in [-0.05, 0) is 55.8 Å². The van der Waals surface area contributed by atoms with Gasteiger partial charge in [-0.3, -0.25) is 4.79 Å². The monoisotopic (exact) mass is 415 g/mol. The van der Waals surface area contributed by atoms with Gasteiger partial charge >= 0.3 is 0 Å². The summed E-state index contributed by atoms with van der Waals surface area (Å²) in [6.07, 6.45) is 0. The molecule has 0 fully saturated rings. The van der Waals surface area contributed by atoms with Crippen molar-refractivity contribution in [1.29, 1.82) is 0 Å². The van der Waals surface area contributed by atoms with Gasteiger partial charge in [-0.1, -0.05) is 17.4 Å². The summed E-state index contributed by atoms with van der Waals surface area (Å²) in [6.45, 7) is 3.68. The first-order valence-corrected chi connectivity index (χ1v) is 9.75. The van der Waals surface area contributed by atoms with Crippen molar-refractivity contribution in [3.63, 3.8) is 0 Å². The van der Waals surface area contributed by atoms with E-state index in [0.717, 1.165) is 5.56 Å². The van der Waals surface area contributed by atoms with Crippen molar-refractivity contribution in [3.05, 3.63) is 64.4 Å². The molecule has 0 aliphatic carbocycles. The van der Waals surface area contributed by atoms with Gasteiger partial charge in [-0.15, -0.1) is 0 Å². The summed E-state index contributed by atoms with van der Waals surface area (Å²) in [5, 5.41) is 6.64. The van der Waals surface area contributed by atoms with Crippen LogP contribution in [-0.4, -0.2) is 25.1 Å². The second kappa shape index (κ2) is 8.91. The number of amides is 1. The van der Waals surface area contributed by atoms with Crippen molar-refractivity contribution in [2.45, 2.75) is 19.9 Å². The van der Waals surface area contributed by atoms with Crippen LogP contribution >= 0.6 is 11.3 Å². The molecular formula is C21H22FN3O3S. The molecule has 1 heterocycles. The smallest absolute Gasteiger partial charge is 0.263 e. The summed E-state index contributed by atoms with van der Waals surface area (Å²) < 4.78 is 23.6. The number of hydrogen-bond donors (Lipinski definition) is 2. The van der Waals surface area contributed by atoms with E-state index in [9.17, 15) is 9.18 Å². The first kappa shape index (κ1) is 20.6. The van der Waals surface area contributed by atoms with E-state index in [0.29, 0.717) is 32.9 Å². The Kier molecular flexibility index (Phi) is 6.33. The number of methoxy groups -OCH3 is 2. The van der Waals surface area contributed by atoms with Crippen molar-refractivity contribution in [1.82, 2.24) is 10.3 Å². The van der Waals surface area contributed by atoms with Crippen molar-refractivity contribution >= 4 is 28.1 Å². The summed E-state index contributed by atoms with van der Waals surface area (Å²) >= 11 is 1.24. The van der Waals surface area contributed by atoms with Crippen LogP contribution < -0.4 is 20.1 Å². The van der Waals surface area contributed by atoms with Crippen LogP contribution in [0, 0.1) is 12.7 Å². The number of carbonyl (C=O) groups excluding carboxylic acids is 1. The molecule has 2 N–H and O–H groups in total. The van der Waals surface area contributed by atoms with Gasteiger partial charge in [0.1, 0.15) is 10.7 Å². The molecule has 1 amide bonds. The first-order chi connectivity index (χ1) is 13.9. The zero-order chi connectivity index (χ0) is 21.0. The Morgan fingerprint density at radius 3 is 2.45 bits per heavy atom. The molecule has 3 rings (SSSR count). The molecule has 1 aromatic heterocycles. The third-order valence-electron chi connectivity index (χ3n) is 4.35. The molecule has 29 heavy (non-hydrogen) atoms. The van der Waals surface area contributed by atoms with E-state index < -0.39 is 0 Å². The van der Waals surface area contributed by atoms with Crippen molar-refractivity contribution in [3.8, 4) is 11.5 Å². The lowest BCUT2D eigenvalue weighted by Crippen LogP contribution is -2.26. The first-order valence-electron chi connectivity index (χ1n) is 8.94. The average Bonchev–Trinajstić information content (AvgIpc) is 3.09. The lowest BCUT2D eigenvalue weighted by Gasteiger charge is -2.16. The molecule has 0 saturated carbocycles. The third-order valence-corrected chi connectivity index (χ3v) is 5.43. The van der Waals surface area contributed by atoms with Crippen LogP contribution in [0.15, 0.2) is 42.5 Å². The highest BCUT2D eigenvalue weighted by Crippen LogP contribution is 2.31. The number of ether oxygens (including phenoxy) is 2. The van der Waals surface area contributed by atoms with Crippen molar-refractivity contribution in [2.24, 2.45) is 0 Å². The number of nitrogens with zero attached hydrogens (tertiary/aromatic N) is 1. The van der Waals surface area contributed by atoms with Gasteiger partial charge in [0.25, 0.3) is 5.91 Å². The fraction of sp³-hybridized carbons (Fsp3) is 0.238. The van der Waals surface area contributed by atoms with E-state index in [4.69, 9.17) is 9.47 Å². The van der Waals surface area contributed by atoms with Crippen LogP contribution in [0.4, 0.5) is 15.2 Å². The standard InChI is InChI=1S/C21H22FN3O3S/c1-12(14-5-10-17(27-3)18(11-14)28-4)23-20(26)19-13(2)24-21(29-19)25-16-8-6-15(22)7-9-16/h5-12H,1-4H3,(H,23,26)(H,24,25)/t12-/m0/s1. The van der Waals surface area contributed by atoms with E-state index in [1.165, 1.54) is 23.5 Å². The number of benzene rings is 2. The number of nitrogens with one attached hydrogen (secondary N) is 2. The summed E-state index contributed by atoms with van der Waals surface area (Å²) in [4.78, 5) is 17.7. The molecule has 8 heteroatoms. The Bertz CT molecular complexity index is 1000. The number of carbonyl (C=O) groups is 1. The highest BCUT2D eigenvalue weighted by Gasteiger charge is 2.19. The number of rotatable bonds is 7. The van der Waals surface area contributed by atoms with Gasteiger partial charge in [-0.2, -0.15) is 0 Å². The fourth-order valence-electron chi connectivity index (χ4n) is 2.78. The van der Waals surface area contributed by atoms with E-state index in [-0.39, 0.29) is 17.8 Å². The molecule has 3 aromatic rings. The number of thiazole rings is 1. The molecule has 152 valence electrons. The maximum atomic E-state index is 13.0.